The Bertz CT molecular complexity index is 636. The van der Waals surface area contributed by atoms with Crippen LogP contribution in [0.5, 0.6) is 11.5 Å². The predicted molar refractivity (Wildman–Crippen MR) is 126 cm³/mol. The van der Waals surface area contributed by atoms with Gasteiger partial charge in [-0.2, -0.15) is 0 Å². The number of hydrogen-bond acceptors (Lipinski definition) is 3. The van der Waals surface area contributed by atoms with E-state index in [9.17, 15) is 5.11 Å². The van der Waals surface area contributed by atoms with Gasteiger partial charge in [0.15, 0.2) is 0 Å². The van der Waals surface area contributed by atoms with Crippen molar-refractivity contribution in [1.82, 2.24) is 0 Å². The van der Waals surface area contributed by atoms with Crippen LogP contribution in [0.3, 0.4) is 0 Å². The third kappa shape index (κ3) is 5.97. The van der Waals surface area contributed by atoms with Gasteiger partial charge in [0.05, 0.1) is 6.10 Å². The van der Waals surface area contributed by atoms with E-state index in [1.807, 2.05) is 25.1 Å². The van der Waals surface area contributed by atoms with E-state index in [0.29, 0.717) is 0 Å². The van der Waals surface area contributed by atoms with Crippen molar-refractivity contribution in [3.63, 3.8) is 0 Å². The quantitative estimate of drug-likeness (QED) is 0.370. The summed E-state index contributed by atoms with van der Waals surface area (Å²) in [7, 11) is -4.01. The van der Waals surface area contributed by atoms with Crippen LogP contribution in [0.2, 0.25) is 36.3 Å². The Morgan fingerprint density at radius 2 is 1.21 bits per heavy atom. The average Bonchev–Trinajstić information content (AvgIpc) is 2.50. The zero-order chi connectivity index (χ0) is 22.1. The van der Waals surface area contributed by atoms with Crippen LogP contribution in [-0.4, -0.2) is 21.7 Å². The fraction of sp³-hybridized carbons (Fsp3) is 0.652. The molecule has 0 bridgehead atoms. The molecule has 0 radical (unpaired) electrons. The molecule has 0 unspecified atom stereocenters. The summed E-state index contributed by atoms with van der Waals surface area (Å²) in [6.45, 7) is 28.1. The molecule has 3 nitrogen and oxygen atoms in total. The van der Waals surface area contributed by atoms with Crippen molar-refractivity contribution < 1.29 is 14.0 Å². The largest absolute Gasteiger partial charge is 0.543 e. The molecule has 0 aromatic heterocycles. The van der Waals surface area contributed by atoms with E-state index in [1.165, 1.54) is 0 Å². The monoisotopic (exact) mass is 422 g/mol. The molecule has 1 N–H and O–H groups in total. The maximum Gasteiger partial charge on any atom is 0.250 e. The fourth-order valence-electron chi connectivity index (χ4n) is 2.21. The summed E-state index contributed by atoms with van der Waals surface area (Å²) in [5, 5.41) is 11.0. The van der Waals surface area contributed by atoms with Crippen LogP contribution in [0.25, 0.3) is 0 Å². The first-order chi connectivity index (χ1) is 12.4. The zero-order valence-electron chi connectivity index (χ0n) is 19.9. The summed E-state index contributed by atoms with van der Waals surface area (Å²) in [4.78, 5) is 0. The summed E-state index contributed by atoms with van der Waals surface area (Å²) in [5.41, 5.74) is 0.817. The highest BCUT2D eigenvalue weighted by atomic mass is 28.4. The molecule has 0 aliphatic rings. The molecule has 1 aromatic carbocycles. The van der Waals surface area contributed by atoms with Crippen molar-refractivity contribution in [1.29, 1.82) is 0 Å². The van der Waals surface area contributed by atoms with Crippen molar-refractivity contribution in [2.24, 2.45) is 5.92 Å². The van der Waals surface area contributed by atoms with E-state index in [-0.39, 0.29) is 16.0 Å². The van der Waals surface area contributed by atoms with Gasteiger partial charge in [-0.05, 0) is 54.0 Å². The summed E-state index contributed by atoms with van der Waals surface area (Å²) >= 11 is 0. The molecule has 0 saturated heterocycles. The van der Waals surface area contributed by atoms with Gasteiger partial charge in [0.2, 0.25) is 16.6 Å². The second-order valence-corrected chi connectivity index (χ2v) is 20.5. The summed E-state index contributed by atoms with van der Waals surface area (Å²) in [6, 6.07) is 5.92. The first-order valence-corrected chi connectivity index (χ1v) is 16.1. The molecule has 160 valence electrons. The van der Waals surface area contributed by atoms with Gasteiger partial charge in [-0.1, -0.05) is 54.5 Å². The van der Waals surface area contributed by atoms with Gasteiger partial charge in [-0.3, -0.25) is 0 Å². The second-order valence-electron chi connectivity index (χ2n) is 11.0. The Kier molecular flexibility index (Phi) is 7.47. The first-order valence-electron chi connectivity index (χ1n) is 10.2. The molecule has 5 heteroatoms. The van der Waals surface area contributed by atoms with E-state index >= 15 is 0 Å². The Balaban J connectivity index is 3.42. The van der Waals surface area contributed by atoms with Crippen molar-refractivity contribution in [2.45, 2.75) is 90.8 Å². The lowest BCUT2D eigenvalue weighted by atomic mass is 9.97. The van der Waals surface area contributed by atoms with Crippen LogP contribution < -0.4 is 8.85 Å². The first kappa shape index (κ1) is 25.0. The van der Waals surface area contributed by atoms with Crippen molar-refractivity contribution in [3.05, 3.63) is 36.4 Å². The molecule has 0 heterocycles. The summed E-state index contributed by atoms with van der Waals surface area (Å²) < 4.78 is 13.1. The lowest BCUT2D eigenvalue weighted by Crippen LogP contribution is -2.44. The minimum atomic E-state index is -2.00. The topological polar surface area (TPSA) is 38.7 Å². The molecule has 2 atom stereocenters. The third-order valence-corrected chi connectivity index (χ3v) is 15.2. The van der Waals surface area contributed by atoms with Gasteiger partial charge < -0.3 is 14.0 Å². The van der Waals surface area contributed by atoms with E-state index in [2.05, 4.69) is 74.3 Å². The third-order valence-electron chi connectivity index (χ3n) is 6.47. The summed E-state index contributed by atoms with van der Waals surface area (Å²) in [6.07, 6.45) is 1.14. The smallest absolute Gasteiger partial charge is 0.250 e. The van der Waals surface area contributed by atoms with Crippen LogP contribution in [0, 0.1) is 5.92 Å². The van der Waals surface area contributed by atoms with Crippen molar-refractivity contribution in [2.75, 3.05) is 0 Å². The van der Waals surface area contributed by atoms with Gasteiger partial charge >= 0.3 is 0 Å². The number of rotatable bonds is 7. The van der Waals surface area contributed by atoms with Crippen molar-refractivity contribution >= 4 is 16.6 Å². The van der Waals surface area contributed by atoms with Crippen LogP contribution in [-0.2, 0) is 0 Å². The highest BCUT2D eigenvalue weighted by molar-refractivity contribution is 6.75. The van der Waals surface area contributed by atoms with Crippen LogP contribution >= 0.6 is 0 Å². The Labute approximate surface area is 175 Å². The van der Waals surface area contributed by atoms with Gasteiger partial charge in [0.25, 0.3) is 0 Å². The van der Waals surface area contributed by atoms with Crippen LogP contribution in [0.1, 0.15) is 60.1 Å². The minimum Gasteiger partial charge on any atom is -0.543 e. The number of aliphatic hydroxyl groups excluding tert-OH is 1. The second kappa shape index (κ2) is 8.37. The highest BCUT2D eigenvalue weighted by Gasteiger charge is 2.40. The molecule has 0 fully saturated rings. The maximum atomic E-state index is 10.8. The van der Waals surface area contributed by atoms with Crippen LogP contribution in [0.4, 0.5) is 0 Å². The Morgan fingerprint density at radius 3 is 1.50 bits per heavy atom. The fourth-order valence-corrected chi connectivity index (χ4v) is 4.24. The van der Waals surface area contributed by atoms with Gasteiger partial charge in [-0.25, -0.2) is 0 Å². The standard InChI is InChI=1S/C23H42O3Si2/c1-13-17(2)21(24)18-14-19(25-27(9,10)22(3,4)5)16-20(15-18)26-28(11,12)23(6,7)8/h13-17,21,24H,1H2,2-12H3/t17-,21-/m0/s1. The summed E-state index contributed by atoms with van der Waals surface area (Å²) in [5.74, 6) is 1.52. The molecule has 0 aliphatic carbocycles. The Hall–Kier alpha value is -1.05. The molecule has 1 aromatic rings. The van der Waals surface area contributed by atoms with E-state index in [1.54, 1.807) is 6.08 Å². The maximum absolute atomic E-state index is 10.8. The number of aliphatic hydroxyl groups is 1. The van der Waals surface area contributed by atoms with E-state index < -0.39 is 22.7 Å². The number of hydrogen-bond donors (Lipinski definition) is 1. The molecule has 1 rings (SSSR count). The molecule has 0 spiro atoms. The van der Waals surface area contributed by atoms with Crippen LogP contribution in [0.15, 0.2) is 30.9 Å². The SMILES string of the molecule is C=C[C@H](C)[C@H](O)c1cc(O[Si](C)(C)C(C)(C)C)cc(O[Si](C)(C)C(C)(C)C)c1. The minimum absolute atomic E-state index is 0.0520. The van der Waals surface area contributed by atoms with Gasteiger partial charge in [-0.15, -0.1) is 6.58 Å². The predicted octanol–water partition coefficient (Wildman–Crippen LogP) is 7.31. The van der Waals surface area contributed by atoms with E-state index in [4.69, 9.17) is 8.85 Å². The Morgan fingerprint density at radius 1 is 0.857 bits per heavy atom. The van der Waals surface area contributed by atoms with E-state index in [0.717, 1.165) is 17.1 Å². The molecular weight excluding hydrogens is 380 g/mol. The van der Waals surface area contributed by atoms with Gasteiger partial charge in [0, 0.05) is 12.0 Å². The normalized spacial score (nSPS) is 15.7. The average molecular weight is 423 g/mol. The molecule has 0 aliphatic heterocycles. The molecular formula is C23H42O3Si2. The molecule has 0 amide bonds. The van der Waals surface area contributed by atoms with Gasteiger partial charge in [0.1, 0.15) is 11.5 Å². The van der Waals surface area contributed by atoms with Crippen molar-refractivity contribution in [3.8, 4) is 11.5 Å². The zero-order valence-corrected chi connectivity index (χ0v) is 21.9. The lowest BCUT2D eigenvalue weighted by Gasteiger charge is -2.38. The lowest BCUT2D eigenvalue weighted by molar-refractivity contribution is 0.139. The number of benzene rings is 1. The highest BCUT2D eigenvalue weighted by Crippen LogP contribution is 2.41. The molecule has 0 saturated carbocycles. The molecule has 28 heavy (non-hydrogen) atoms.